The van der Waals surface area contributed by atoms with Gasteiger partial charge in [0.15, 0.2) is 5.82 Å². The van der Waals surface area contributed by atoms with Crippen molar-refractivity contribution in [2.75, 3.05) is 5.32 Å². The number of anilines is 1. The van der Waals surface area contributed by atoms with Gasteiger partial charge in [0.2, 0.25) is 5.91 Å². The molecule has 0 aliphatic carbocycles. The molecule has 2 aromatic carbocycles. The quantitative estimate of drug-likeness (QED) is 0.744. The summed E-state index contributed by atoms with van der Waals surface area (Å²) in [6.45, 7) is -0.262. The molecule has 1 atom stereocenters. The van der Waals surface area contributed by atoms with Crippen LogP contribution in [-0.4, -0.2) is 25.8 Å². The fourth-order valence-corrected chi connectivity index (χ4v) is 2.32. The summed E-state index contributed by atoms with van der Waals surface area (Å²) in [4.78, 5) is 12.1. The van der Waals surface area contributed by atoms with Gasteiger partial charge in [-0.25, -0.2) is 8.78 Å². The lowest BCUT2D eigenvalue weighted by atomic mass is 10.1. The molecule has 1 amide bonds. The molecule has 25 heavy (non-hydrogen) atoms. The molecule has 0 bridgehead atoms. The van der Waals surface area contributed by atoms with Crippen LogP contribution in [0.25, 0.3) is 0 Å². The molecule has 1 unspecified atom stereocenters. The summed E-state index contributed by atoms with van der Waals surface area (Å²) < 4.78 is 28.1. The first-order chi connectivity index (χ1) is 12.0. The molecule has 0 radical (unpaired) electrons. The van der Waals surface area contributed by atoms with Gasteiger partial charge in [-0.2, -0.15) is 0 Å². The lowest BCUT2D eigenvalue weighted by molar-refractivity contribution is -0.116. The number of rotatable bonds is 5. The second-order valence-corrected chi connectivity index (χ2v) is 5.30. The van der Waals surface area contributed by atoms with Gasteiger partial charge < -0.3 is 15.0 Å². The largest absolute Gasteiger partial charge is 0.380 e. The molecular formula is C17H14F2N4O2. The van der Waals surface area contributed by atoms with E-state index in [0.29, 0.717) is 5.56 Å². The Morgan fingerprint density at radius 1 is 1.20 bits per heavy atom. The summed E-state index contributed by atoms with van der Waals surface area (Å²) in [5.74, 6) is -1.85. The van der Waals surface area contributed by atoms with Crippen LogP contribution in [0.15, 0.2) is 54.9 Å². The van der Waals surface area contributed by atoms with E-state index in [1.165, 1.54) is 10.9 Å². The highest BCUT2D eigenvalue weighted by Gasteiger charge is 2.19. The van der Waals surface area contributed by atoms with Crippen LogP contribution in [0.5, 0.6) is 0 Å². The van der Waals surface area contributed by atoms with E-state index in [-0.39, 0.29) is 18.1 Å². The lowest BCUT2D eigenvalue weighted by Crippen LogP contribution is -2.21. The molecule has 6 nitrogen and oxygen atoms in total. The first-order valence-corrected chi connectivity index (χ1v) is 7.40. The molecule has 0 aliphatic heterocycles. The number of benzene rings is 2. The summed E-state index contributed by atoms with van der Waals surface area (Å²) in [6.07, 6.45) is 0.214. The Kier molecular flexibility index (Phi) is 4.80. The second-order valence-electron chi connectivity index (χ2n) is 5.30. The third kappa shape index (κ3) is 3.86. The maximum atomic E-state index is 13.6. The number of nitrogens with zero attached hydrogens (tertiary/aromatic N) is 3. The first kappa shape index (κ1) is 16.7. The van der Waals surface area contributed by atoms with Crippen molar-refractivity contribution >= 4 is 11.6 Å². The number of carbonyl (C=O) groups is 1. The maximum absolute atomic E-state index is 13.6. The molecule has 1 aromatic heterocycles. The number of aromatic nitrogens is 3. The van der Waals surface area contributed by atoms with Gasteiger partial charge in [-0.05, 0) is 17.7 Å². The van der Waals surface area contributed by atoms with Crippen molar-refractivity contribution in [1.29, 1.82) is 0 Å². The highest BCUT2D eigenvalue weighted by Crippen LogP contribution is 2.20. The van der Waals surface area contributed by atoms with Gasteiger partial charge >= 0.3 is 0 Å². The van der Waals surface area contributed by atoms with Crippen LogP contribution in [0.1, 0.15) is 17.5 Å². The third-order valence-corrected chi connectivity index (χ3v) is 3.52. The number of amides is 1. The molecule has 0 spiro atoms. The van der Waals surface area contributed by atoms with Crippen molar-refractivity contribution < 1.29 is 18.7 Å². The van der Waals surface area contributed by atoms with Crippen molar-refractivity contribution in [1.82, 2.24) is 14.8 Å². The minimum atomic E-state index is -1.07. The predicted molar refractivity (Wildman–Crippen MR) is 85.5 cm³/mol. The Morgan fingerprint density at radius 2 is 1.96 bits per heavy atom. The van der Waals surface area contributed by atoms with E-state index >= 15 is 0 Å². The molecule has 0 saturated heterocycles. The summed E-state index contributed by atoms with van der Waals surface area (Å²) in [5, 5.41) is 20.2. The number of hydrogen-bond acceptors (Lipinski definition) is 4. The summed E-state index contributed by atoms with van der Waals surface area (Å²) >= 11 is 0. The number of carbonyl (C=O) groups excluding carboxylic acids is 1. The molecule has 0 aliphatic rings. The normalized spacial score (nSPS) is 12.0. The van der Waals surface area contributed by atoms with Crippen molar-refractivity contribution in [3.63, 3.8) is 0 Å². The molecule has 1 heterocycles. The average Bonchev–Trinajstić information content (AvgIpc) is 3.06. The molecule has 0 saturated carbocycles. The van der Waals surface area contributed by atoms with Crippen molar-refractivity contribution in [2.24, 2.45) is 0 Å². The number of hydrogen-bond donors (Lipinski definition) is 2. The van der Waals surface area contributed by atoms with Crippen LogP contribution in [-0.2, 0) is 11.3 Å². The van der Waals surface area contributed by atoms with Gasteiger partial charge in [-0.3, -0.25) is 4.79 Å². The number of nitrogens with one attached hydrogen (secondary N) is 1. The van der Waals surface area contributed by atoms with Gasteiger partial charge in [0.1, 0.15) is 30.6 Å². The van der Waals surface area contributed by atoms with Crippen LogP contribution in [0.3, 0.4) is 0 Å². The van der Waals surface area contributed by atoms with E-state index in [2.05, 4.69) is 15.5 Å². The van der Waals surface area contributed by atoms with Gasteiger partial charge in [0.25, 0.3) is 0 Å². The molecule has 3 rings (SSSR count). The second kappa shape index (κ2) is 7.18. The topological polar surface area (TPSA) is 80.0 Å². The minimum absolute atomic E-state index is 0.168. The standard InChI is InChI=1S/C17H14F2N4O2/c18-12-6-7-13(19)14(8-12)21-15(24)9-23-10-20-22-17(23)16(25)11-4-2-1-3-5-11/h1-8,10,16,25H,9H2,(H,21,24). The fraction of sp³-hybridized carbons (Fsp3) is 0.118. The Balaban J connectivity index is 1.75. The Morgan fingerprint density at radius 3 is 2.72 bits per heavy atom. The Labute approximate surface area is 141 Å². The van der Waals surface area contributed by atoms with E-state index in [0.717, 1.165) is 18.2 Å². The molecule has 2 N–H and O–H groups in total. The highest BCUT2D eigenvalue weighted by atomic mass is 19.1. The number of aliphatic hydroxyl groups excluding tert-OH is 1. The van der Waals surface area contributed by atoms with E-state index in [9.17, 15) is 18.7 Å². The minimum Gasteiger partial charge on any atom is -0.380 e. The van der Waals surface area contributed by atoms with Crippen molar-refractivity contribution in [2.45, 2.75) is 12.6 Å². The summed E-state index contributed by atoms with van der Waals surface area (Å²) in [7, 11) is 0. The fourth-order valence-electron chi connectivity index (χ4n) is 2.32. The van der Waals surface area contributed by atoms with Crippen LogP contribution < -0.4 is 5.32 Å². The van der Waals surface area contributed by atoms with Gasteiger partial charge in [-0.15, -0.1) is 10.2 Å². The summed E-state index contributed by atoms with van der Waals surface area (Å²) in [6, 6.07) is 11.5. The molecule has 128 valence electrons. The van der Waals surface area contributed by atoms with Crippen LogP contribution in [0.2, 0.25) is 0 Å². The number of aliphatic hydroxyl groups is 1. The number of halogens is 2. The van der Waals surface area contributed by atoms with E-state index < -0.39 is 23.6 Å². The summed E-state index contributed by atoms with van der Waals surface area (Å²) in [5.41, 5.74) is 0.330. The van der Waals surface area contributed by atoms with Gasteiger partial charge in [0, 0.05) is 6.07 Å². The Hall–Kier alpha value is -3.13. The highest BCUT2D eigenvalue weighted by molar-refractivity contribution is 5.90. The van der Waals surface area contributed by atoms with Crippen molar-refractivity contribution in [3.8, 4) is 0 Å². The molecule has 8 heteroatoms. The Bertz CT molecular complexity index is 883. The van der Waals surface area contributed by atoms with Crippen LogP contribution >= 0.6 is 0 Å². The molecule has 0 fully saturated rings. The predicted octanol–water partition coefficient (Wildman–Crippen LogP) is 2.28. The van der Waals surface area contributed by atoms with Crippen LogP contribution in [0, 0.1) is 11.6 Å². The maximum Gasteiger partial charge on any atom is 0.244 e. The van der Waals surface area contributed by atoms with Gasteiger partial charge in [-0.1, -0.05) is 30.3 Å². The first-order valence-electron chi connectivity index (χ1n) is 7.40. The zero-order chi connectivity index (χ0) is 17.8. The third-order valence-electron chi connectivity index (χ3n) is 3.52. The van der Waals surface area contributed by atoms with E-state index in [4.69, 9.17) is 0 Å². The van der Waals surface area contributed by atoms with Crippen molar-refractivity contribution in [3.05, 3.63) is 77.9 Å². The monoisotopic (exact) mass is 344 g/mol. The van der Waals surface area contributed by atoms with E-state index in [1.807, 2.05) is 6.07 Å². The lowest BCUT2D eigenvalue weighted by Gasteiger charge is -2.13. The van der Waals surface area contributed by atoms with Crippen LogP contribution in [0.4, 0.5) is 14.5 Å². The molecular weight excluding hydrogens is 330 g/mol. The SMILES string of the molecule is O=C(Cn1cnnc1C(O)c1ccccc1)Nc1cc(F)ccc1F. The molecule has 3 aromatic rings. The van der Waals surface area contributed by atoms with E-state index in [1.54, 1.807) is 24.3 Å². The zero-order valence-electron chi connectivity index (χ0n) is 12.9. The average molecular weight is 344 g/mol. The van der Waals surface area contributed by atoms with Gasteiger partial charge in [0.05, 0.1) is 5.69 Å². The zero-order valence-corrected chi connectivity index (χ0v) is 12.9. The smallest absolute Gasteiger partial charge is 0.244 e.